The maximum atomic E-state index is 9.18. The fourth-order valence-corrected chi connectivity index (χ4v) is 2.49. The Balaban J connectivity index is 1.78. The summed E-state index contributed by atoms with van der Waals surface area (Å²) in [6.07, 6.45) is 0.981. The number of benzene rings is 1. The summed E-state index contributed by atoms with van der Waals surface area (Å²) in [4.78, 5) is 0. The van der Waals surface area contributed by atoms with Gasteiger partial charge in [0.2, 0.25) is 0 Å². The van der Waals surface area contributed by atoms with E-state index in [0.717, 1.165) is 13.0 Å². The van der Waals surface area contributed by atoms with Gasteiger partial charge in [-0.05, 0) is 60.0 Å². The summed E-state index contributed by atoms with van der Waals surface area (Å²) in [5.74, 6) is 0.327. The topological polar surface area (TPSA) is 32.3 Å². The van der Waals surface area contributed by atoms with Gasteiger partial charge in [0.25, 0.3) is 0 Å². The van der Waals surface area contributed by atoms with Gasteiger partial charge in [-0.25, -0.2) is 0 Å². The molecule has 2 aromatic rings. The van der Waals surface area contributed by atoms with Crippen LogP contribution in [-0.2, 0) is 6.42 Å². The number of rotatable bonds is 5. The van der Waals surface area contributed by atoms with Crippen molar-refractivity contribution in [3.05, 3.63) is 52.2 Å². The van der Waals surface area contributed by atoms with Crippen LogP contribution < -0.4 is 5.32 Å². The highest BCUT2D eigenvalue weighted by Crippen LogP contribution is 2.15. The third-order valence-electron chi connectivity index (χ3n) is 2.84. The van der Waals surface area contributed by atoms with E-state index in [1.165, 1.54) is 11.1 Å². The van der Waals surface area contributed by atoms with E-state index < -0.39 is 0 Å². The van der Waals surface area contributed by atoms with Crippen molar-refractivity contribution < 1.29 is 5.11 Å². The number of phenolic OH excluding ortho intramolecular Hbond substituents is 1. The third kappa shape index (κ3) is 3.58. The van der Waals surface area contributed by atoms with Crippen LogP contribution in [0.25, 0.3) is 0 Å². The van der Waals surface area contributed by atoms with E-state index in [2.05, 4.69) is 29.1 Å². The minimum absolute atomic E-state index is 0.327. The van der Waals surface area contributed by atoms with Gasteiger partial charge in [-0.15, -0.1) is 0 Å². The zero-order valence-electron chi connectivity index (χ0n) is 9.89. The first-order valence-electron chi connectivity index (χ1n) is 5.79. The number of phenols is 1. The minimum Gasteiger partial charge on any atom is -0.508 e. The number of nitrogens with one attached hydrogen (secondary N) is 1. The Morgan fingerprint density at radius 1 is 1.24 bits per heavy atom. The van der Waals surface area contributed by atoms with E-state index >= 15 is 0 Å². The lowest BCUT2D eigenvalue weighted by atomic mass is 10.1. The van der Waals surface area contributed by atoms with Crippen LogP contribution >= 0.6 is 11.3 Å². The van der Waals surface area contributed by atoms with Crippen molar-refractivity contribution in [3.8, 4) is 5.75 Å². The number of aromatic hydroxyl groups is 1. The largest absolute Gasteiger partial charge is 0.508 e. The number of hydrogen-bond acceptors (Lipinski definition) is 3. The van der Waals surface area contributed by atoms with Gasteiger partial charge in [0.15, 0.2) is 0 Å². The second-order valence-corrected chi connectivity index (χ2v) is 4.93. The molecule has 17 heavy (non-hydrogen) atoms. The molecule has 0 amide bonds. The molecule has 1 atom stereocenters. The van der Waals surface area contributed by atoms with Crippen LogP contribution in [0.1, 0.15) is 24.1 Å². The molecule has 0 fully saturated rings. The van der Waals surface area contributed by atoms with E-state index in [1.807, 2.05) is 12.1 Å². The molecule has 2 nitrogen and oxygen atoms in total. The van der Waals surface area contributed by atoms with Gasteiger partial charge in [0, 0.05) is 6.04 Å². The van der Waals surface area contributed by atoms with Gasteiger partial charge in [-0.1, -0.05) is 12.1 Å². The molecule has 0 aliphatic rings. The molecule has 3 heteroatoms. The molecule has 0 saturated heterocycles. The molecular formula is C14H17NOS. The minimum atomic E-state index is 0.327. The van der Waals surface area contributed by atoms with Crippen LogP contribution in [0, 0.1) is 0 Å². The molecule has 2 rings (SSSR count). The Hall–Kier alpha value is -1.32. The van der Waals surface area contributed by atoms with Crippen molar-refractivity contribution in [1.29, 1.82) is 0 Å². The maximum absolute atomic E-state index is 9.18. The Bertz CT molecular complexity index is 436. The van der Waals surface area contributed by atoms with Crippen molar-refractivity contribution in [2.45, 2.75) is 19.4 Å². The second-order valence-electron chi connectivity index (χ2n) is 4.15. The average molecular weight is 247 g/mol. The molecule has 2 N–H and O–H groups in total. The summed E-state index contributed by atoms with van der Waals surface area (Å²) in [7, 11) is 0. The smallest absolute Gasteiger partial charge is 0.115 e. The van der Waals surface area contributed by atoms with Crippen molar-refractivity contribution in [1.82, 2.24) is 5.32 Å². The van der Waals surface area contributed by atoms with E-state index in [4.69, 9.17) is 0 Å². The van der Waals surface area contributed by atoms with Crippen LogP contribution in [-0.4, -0.2) is 11.7 Å². The van der Waals surface area contributed by atoms with Crippen LogP contribution in [0.5, 0.6) is 5.75 Å². The summed E-state index contributed by atoms with van der Waals surface area (Å²) in [5.41, 5.74) is 2.59. The number of thiophene rings is 1. The quantitative estimate of drug-likeness (QED) is 0.849. The first-order chi connectivity index (χ1) is 8.25. The molecular weight excluding hydrogens is 230 g/mol. The lowest BCUT2D eigenvalue weighted by Crippen LogP contribution is -2.20. The second kappa shape index (κ2) is 5.84. The Kier molecular flexibility index (Phi) is 4.18. The average Bonchev–Trinajstić information content (AvgIpc) is 2.85. The normalized spacial score (nSPS) is 12.5. The van der Waals surface area contributed by atoms with Gasteiger partial charge in [0.05, 0.1) is 0 Å². The molecule has 0 bridgehead atoms. The monoisotopic (exact) mass is 247 g/mol. The van der Waals surface area contributed by atoms with E-state index in [-0.39, 0.29) is 0 Å². The van der Waals surface area contributed by atoms with E-state index in [1.54, 1.807) is 23.5 Å². The molecule has 0 spiro atoms. The predicted octanol–water partition coefficient (Wildman–Crippen LogP) is 3.35. The first-order valence-corrected chi connectivity index (χ1v) is 6.73. The fourth-order valence-electron chi connectivity index (χ4n) is 1.73. The van der Waals surface area contributed by atoms with Crippen molar-refractivity contribution >= 4 is 11.3 Å². The van der Waals surface area contributed by atoms with Crippen LogP contribution in [0.4, 0.5) is 0 Å². The van der Waals surface area contributed by atoms with Gasteiger partial charge < -0.3 is 10.4 Å². The summed E-state index contributed by atoms with van der Waals surface area (Å²) < 4.78 is 0. The summed E-state index contributed by atoms with van der Waals surface area (Å²) in [6, 6.07) is 9.95. The van der Waals surface area contributed by atoms with E-state index in [0.29, 0.717) is 11.8 Å². The first kappa shape index (κ1) is 12.1. The Morgan fingerprint density at radius 3 is 2.65 bits per heavy atom. The molecule has 0 saturated carbocycles. The van der Waals surface area contributed by atoms with Crippen LogP contribution in [0.3, 0.4) is 0 Å². The highest BCUT2D eigenvalue weighted by molar-refractivity contribution is 7.07. The molecule has 0 radical (unpaired) electrons. The van der Waals surface area contributed by atoms with Crippen molar-refractivity contribution in [3.63, 3.8) is 0 Å². The molecule has 1 heterocycles. The molecule has 90 valence electrons. The Labute approximate surface area is 106 Å². The van der Waals surface area contributed by atoms with Gasteiger partial charge >= 0.3 is 0 Å². The molecule has 0 aliphatic carbocycles. The summed E-state index contributed by atoms with van der Waals surface area (Å²) in [6.45, 7) is 3.13. The third-order valence-corrected chi connectivity index (χ3v) is 3.55. The standard InChI is InChI=1S/C14H17NOS/c1-11(13-7-9-17-10-13)15-8-6-12-2-4-14(16)5-3-12/h2-5,7,9-11,15-16H,6,8H2,1H3. The Morgan fingerprint density at radius 2 is 2.00 bits per heavy atom. The molecule has 1 aromatic heterocycles. The highest BCUT2D eigenvalue weighted by atomic mass is 32.1. The lowest BCUT2D eigenvalue weighted by molar-refractivity contribution is 0.475. The SMILES string of the molecule is CC(NCCc1ccc(O)cc1)c1ccsc1. The summed E-state index contributed by atoms with van der Waals surface area (Å²) >= 11 is 1.73. The van der Waals surface area contributed by atoms with Crippen LogP contribution in [0.2, 0.25) is 0 Å². The fraction of sp³-hybridized carbons (Fsp3) is 0.286. The van der Waals surface area contributed by atoms with Crippen molar-refractivity contribution in [2.75, 3.05) is 6.54 Å². The highest BCUT2D eigenvalue weighted by Gasteiger charge is 2.04. The summed E-state index contributed by atoms with van der Waals surface area (Å²) in [5, 5.41) is 17.0. The molecule has 0 aliphatic heterocycles. The zero-order chi connectivity index (χ0) is 12.1. The lowest BCUT2D eigenvalue weighted by Gasteiger charge is -2.12. The van der Waals surface area contributed by atoms with Crippen LogP contribution in [0.15, 0.2) is 41.1 Å². The number of hydrogen-bond donors (Lipinski definition) is 2. The van der Waals surface area contributed by atoms with Gasteiger partial charge in [-0.2, -0.15) is 11.3 Å². The molecule has 1 aromatic carbocycles. The van der Waals surface area contributed by atoms with Crippen molar-refractivity contribution in [2.24, 2.45) is 0 Å². The molecule has 1 unspecified atom stereocenters. The zero-order valence-corrected chi connectivity index (χ0v) is 10.7. The van der Waals surface area contributed by atoms with E-state index in [9.17, 15) is 5.11 Å². The maximum Gasteiger partial charge on any atom is 0.115 e. The van der Waals surface area contributed by atoms with Gasteiger partial charge in [0.1, 0.15) is 5.75 Å². The predicted molar refractivity (Wildman–Crippen MR) is 72.5 cm³/mol. The van der Waals surface area contributed by atoms with Gasteiger partial charge in [-0.3, -0.25) is 0 Å².